The van der Waals surface area contributed by atoms with Gasteiger partial charge in [0, 0.05) is 0 Å². The second-order valence-corrected chi connectivity index (χ2v) is 4.04. The third-order valence-electron chi connectivity index (χ3n) is 2.29. The third kappa shape index (κ3) is 2.51. The summed E-state index contributed by atoms with van der Waals surface area (Å²) in [5, 5.41) is 0.487. The highest BCUT2D eigenvalue weighted by molar-refractivity contribution is 6.32. The lowest BCUT2D eigenvalue weighted by molar-refractivity contribution is 0.291. The summed E-state index contributed by atoms with van der Waals surface area (Å²) >= 11 is 5.89. The summed E-state index contributed by atoms with van der Waals surface area (Å²) in [7, 11) is 0. The summed E-state index contributed by atoms with van der Waals surface area (Å²) in [4.78, 5) is 4.02. The van der Waals surface area contributed by atoms with E-state index in [2.05, 4.69) is 4.98 Å². The van der Waals surface area contributed by atoms with Gasteiger partial charge in [0.25, 0.3) is 0 Å². The number of nitrogens with zero attached hydrogens (tertiary/aromatic N) is 1. The molecule has 1 saturated carbocycles. The van der Waals surface area contributed by atoms with Gasteiger partial charge >= 0.3 is 0 Å². The van der Waals surface area contributed by atoms with E-state index in [4.69, 9.17) is 22.1 Å². The summed E-state index contributed by atoms with van der Waals surface area (Å²) in [6.45, 7) is 0.696. The molecule has 2 rings (SSSR count). The van der Waals surface area contributed by atoms with Gasteiger partial charge in [-0.1, -0.05) is 24.4 Å². The second kappa shape index (κ2) is 4.05. The highest BCUT2D eigenvalue weighted by Crippen LogP contribution is 2.32. The molecule has 0 amide bonds. The lowest BCUT2D eigenvalue weighted by Crippen LogP contribution is -2.01. The molecular weight excluding hydrogens is 200 g/mol. The number of rotatable bonds is 4. The van der Waals surface area contributed by atoms with Crippen molar-refractivity contribution in [3.63, 3.8) is 0 Å². The molecule has 4 heteroatoms. The fraction of sp³-hybridized carbons (Fsp3) is 0.500. The maximum atomic E-state index is 5.89. The van der Waals surface area contributed by atoms with Crippen molar-refractivity contribution in [2.75, 3.05) is 12.3 Å². The smallest absolute Gasteiger partial charge is 0.232 e. The quantitative estimate of drug-likeness (QED) is 0.834. The van der Waals surface area contributed by atoms with Crippen LogP contribution in [0.2, 0.25) is 5.02 Å². The maximum Gasteiger partial charge on any atom is 0.232 e. The van der Waals surface area contributed by atoms with Gasteiger partial charge in [0.1, 0.15) is 5.02 Å². The Morgan fingerprint density at radius 2 is 2.36 bits per heavy atom. The van der Waals surface area contributed by atoms with Crippen LogP contribution in [0, 0.1) is 5.92 Å². The number of halogens is 1. The molecular formula is C10H13ClN2O. The monoisotopic (exact) mass is 212 g/mol. The van der Waals surface area contributed by atoms with E-state index in [9.17, 15) is 0 Å². The first kappa shape index (κ1) is 9.59. The van der Waals surface area contributed by atoms with E-state index in [0.717, 1.165) is 12.3 Å². The molecule has 0 unspecified atom stereocenters. The van der Waals surface area contributed by atoms with Crippen molar-refractivity contribution in [1.82, 2.24) is 4.98 Å². The number of hydrogen-bond donors (Lipinski definition) is 1. The third-order valence-corrected chi connectivity index (χ3v) is 2.56. The molecule has 1 aliphatic rings. The number of nitrogen functional groups attached to an aromatic ring is 1. The van der Waals surface area contributed by atoms with Gasteiger partial charge in [0.05, 0.1) is 18.5 Å². The Labute approximate surface area is 88.2 Å². The normalized spacial score (nSPS) is 15.5. The summed E-state index contributed by atoms with van der Waals surface area (Å²) in [6.07, 6.45) is 5.33. The molecule has 1 fully saturated rings. The number of anilines is 1. The van der Waals surface area contributed by atoms with Crippen LogP contribution < -0.4 is 10.5 Å². The van der Waals surface area contributed by atoms with Gasteiger partial charge in [-0.3, -0.25) is 0 Å². The Morgan fingerprint density at radius 1 is 1.57 bits per heavy atom. The number of nitrogens with two attached hydrogens (primary N) is 1. The van der Waals surface area contributed by atoms with E-state index >= 15 is 0 Å². The fourth-order valence-corrected chi connectivity index (χ4v) is 1.50. The zero-order valence-corrected chi connectivity index (χ0v) is 8.63. The maximum absolute atomic E-state index is 5.89. The Hall–Kier alpha value is -0.960. The highest BCUT2D eigenvalue weighted by atomic mass is 35.5. The van der Waals surface area contributed by atoms with E-state index in [1.54, 1.807) is 12.3 Å². The molecule has 76 valence electrons. The summed E-state index contributed by atoms with van der Waals surface area (Å²) in [6, 6.07) is 1.65. The van der Waals surface area contributed by atoms with Crippen molar-refractivity contribution in [2.45, 2.75) is 19.3 Å². The zero-order valence-electron chi connectivity index (χ0n) is 7.87. The van der Waals surface area contributed by atoms with Crippen molar-refractivity contribution in [2.24, 2.45) is 5.92 Å². The van der Waals surface area contributed by atoms with Crippen molar-refractivity contribution < 1.29 is 4.74 Å². The van der Waals surface area contributed by atoms with E-state index < -0.39 is 0 Å². The van der Waals surface area contributed by atoms with Gasteiger partial charge in [-0.05, 0) is 18.4 Å². The van der Waals surface area contributed by atoms with E-state index in [-0.39, 0.29) is 0 Å². The average molecular weight is 213 g/mol. The van der Waals surface area contributed by atoms with Crippen molar-refractivity contribution >= 4 is 17.3 Å². The molecule has 1 aliphatic carbocycles. The lowest BCUT2D eigenvalue weighted by atomic mass is 10.3. The van der Waals surface area contributed by atoms with Crippen LogP contribution >= 0.6 is 11.6 Å². The summed E-state index contributed by atoms with van der Waals surface area (Å²) in [5.41, 5.74) is 6.07. The van der Waals surface area contributed by atoms with Crippen LogP contribution in [0.1, 0.15) is 19.3 Å². The Balaban J connectivity index is 1.87. The van der Waals surface area contributed by atoms with Crippen LogP contribution in [0.3, 0.4) is 0 Å². The minimum atomic E-state index is 0.487. The molecule has 0 spiro atoms. The minimum Gasteiger partial charge on any atom is -0.477 e. The van der Waals surface area contributed by atoms with Crippen molar-refractivity contribution in [1.29, 1.82) is 0 Å². The molecule has 0 aromatic carbocycles. The lowest BCUT2D eigenvalue weighted by Gasteiger charge is -2.06. The average Bonchev–Trinajstić information content (AvgIpc) is 2.92. The molecule has 0 saturated heterocycles. The van der Waals surface area contributed by atoms with Crippen LogP contribution in [0.5, 0.6) is 5.88 Å². The van der Waals surface area contributed by atoms with Gasteiger partial charge in [-0.2, -0.15) is 0 Å². The van der Waals surface area contributed by atoms with E-state index in [1.807, 2.05) is 0 Å². The first-order valence-electron chi connectivity index (χ1n) is 4.79. The zero-order chi connectivity index (χ0) is 9.97. The van der Waals surface area contributed by atoms with Crippen molar-refractivity contribution in [3.05, 3.63) is 17.3 Å². The molecule has 1 heterocycles. The molecule has 0 radical (unpaired) electrons. The fourth-order valence-electron chi connectivity index (χ4n) is 1.28. The molecule has 0 bridgehead atoms. The molecule has 1 aromatic heterocycles. The van der Waals surface area contributed by atoms with Crippen LogP contribution in [0.15, 0.2) is 12.3 Å². The topological polar surface area (TPSA) is 48.1 Å². The van der Waals surface area contributed by atoms with Crippen molar-refractivity contribution in [3.8, 4) is 5.88 Å². The molecule has 1 aromatic rings. The first-order chi connectivity index (χ1) is 6.75. The molecule has 2 N–H and O–H groups in total. The molecule has 0 atom stereocenters. The number of hydrogen-bond acceptors (Lipinski definition) is 3. The molecule has 14 heavy (non-hydrogen) atoms. The predicted octanol–water partition coefficient (Wildman–Crippen LogP) is 2.50. The van der Waals surface area contributed by atoms with Gasteiger partial charge in [0.15, 0.2) is 0 Å². The van der Waals surface area contributed by atoms with E-state index in [0.29, 0.717) is 23.2 Å². The van der Waals surface area contributed by atoms with Crippen LogP contribution in [0.25, 0.3) is 0 Å². The van der Waals surface area contributed by atoms with Gasteiger partial charge in [0.2, 0.25) is 5.88 Å². The molecule has 0 aliphatic heterocycles. The standard InChI is InChI=1S/C10H13ClN2O/c11-9-5-8(12)6-13-10(9)14-4-3-7-1-2-7/h5-7H,1-4,12H2. The molecule has 3 nitrogen and oxygen atoms in total. The van der Waals surface area contributed by atoms with E-state index in [1.165, 1.54) is 12.8 Å². The van der Waals surface area contributed by atoms with Crippen LogP contribution in [-0.4, -0.2) is 11.6 Å². The second-order valence-electron chi connectivity index (χ2n) is 3.64. The predicted molar refractivity (Wildman–Crippen MR) is 56.5 cm³/mol. The van der Waals surface area contributed by atoms with Gasteiger partial charge in [-0.25, -0.2) is 4.98 Å². The van der Waals surface area contributed by atoms with Crippen LogP contribution in [-0.2, 0) is 0 Å². The SMILES string of the molecule is Nc1cnc(OCCC2CC2)c(Cl)c1. The summed E-state index contributed by atoms with van der Waals surface area (Å²) in [5.74, 6) is 1.35. The largest absolute Gasteiger partial charge is 0.477 e. The highest BCUT2D eigenvalue weighted by Gasteiger charge is 2.20. The Bertz CT molecular complexity index is 326. The Morgan fingerprint density at radius 3 is 3.00 bits per heavy atom. The first-order valence-corrected chi connectivity index (χ1v) is 5.17. The Kier molecular flexibility index (Phi) is 2.77. The van der Waals surface area contributed by atoms with Gasteiger partial charge in [-0.15, -0.1) is 0 Å². The van der Waals surface area contributed by atoms with Crippen LogP contribution in [0.4, 0.5) is 5.69 Å². The number of pyridine rings is 1. The minimum absolute atomic E-state index is 0.487. The number of ether oxygens (including phenoxy) is 1. The number of aromatic nitrogens is 1. The van der Waals surface area contributed by atoms with Gasteiger partial charge < -0.3 is 10.5 Å². The summed E-state index contributed by atoms with van der Waals surface area (Å²) < 4.78 is 5.44.